The van der Waals surface area contributed by atoms with Crippen molar-refractivity contribution in [2.24, 2.45) is 0 Å². The number of hydrogen-bond donors (Lipinski definition) is 0. The highest BCUT2D eigenvalue weighted by atomic mass is 35.5. The molecule has 0 atom stereocenters. The Balaban J connectivity index is 1.62. The van der Waals surface area contributed by atoms with Crippen LogP contribution in [0, 0.1) is 0 Å². The van der Waals surface area contributed by atoms with Gasteiger partial charge in [-0.2, -0.15) is 17.0 Å². The monoisotopic (exact) mass is 409 g/mol. The Morgan fingerprint density at radius 1 is 1.04 bits per heavy atom. The van der Waals surface area contributed by atoms with E-state index in [9.17, 15) is 8.42 Å². The van der Waals surface area contributed by atoms with E-state index in [0.29, 0.717) is 37.8 Å². The highest BCUT2D eigenvalue weighted by Gasteiger charge is 2.28. The minimum atomic E-state index is -3.35. The van der Waals surface area contributed by atoms with E-state index in [1.165, 1.54) is 8.61 Å². The van der Waals surface area contributed by atoms with E-state index in [-0.39, 0.29) is 0 Å². The van der Waals surface area contributed by atoms with Crippen LogP contribution in [0.1, 0.15) is 5.56 Å². The number of benzene rings is 2. The third-order valence-electron chi connectivity index (χ3n) is 4.56. The van der Waals surface area contributed by atoms with Crippen LogP contribution in [0.4, 0.5) is 5.69 Å². The number of halogens is 1. The van der Waals surface area contributed by atoms with E-state index in [1.54, 1.807) is 14.1 Å². The maximum absolute atomic E-state index is 12.2. The third-order valence-corrected chi connectivity index (χ3v) is 6.87. The summed E-state index contributed by atoms with van der Waals surface area (Å²) in [5, 5.41) is 0.687. The number of hydrogen-bond acceptors (Lipinski definition) is 4. The standard InChI is InChI=1S/C19H24ClN3O3S/c1-21(2)27(24,25)23-12-10-22(11-13-23)17-7-5-8-18(14-17)26-15-16-6-3-4-9-19(16)20/h3-9,14H,10-13,15H2,1-2H3. The summed E-state index contributed by atoms with van der Waals surface area (Å²) in [5.74, 6) is 0.760. The first kappa shape index (κ1) is 19.9. The Kier molecular flexibility index (Phi) is 6.26. The highest BCUT2D eigenvalue weighted by Crippen LogP contribution is 2.25. The Morgan fingerprint density at radius 3 is 2.41 bits per heavy atom. The van der Waals surface area contributed by atoms with Crippen LogP contribution < -0.4 is 9.64 Å². The summed E-state index contributed by atoms with van der Waals surface area (Å²) in [5.41, 5.74) is 1.96. The zero-order valence-electron chi connectivity index (χ0n) is 15.5. The molecule has 0 spiro atoms. The van der Waals surface area contributed by atoms with Crippen LogP contribution in [0.2, 0.25) is 5.02 Å². The van der Waals surface area contributed by atoms with Gasteiger partial charge in [-0.15, -0.1) is 0 Å². The second kappa shape index (κ2) is 8.48. The van der Waals surface area contributed by atoms with Gasteiger partial charge in [0.15, 0.2) is 0 Å². The van der Waals surface area contributed by atoms with Crippen LogP contribution in [0.5, 0.6) is 5.75 Å². The van der Waals surface area contributed by atoms with Crippen LogP contribution in [0.25, 0.3) is 0 Å². The molecule has 0 unspecified atom stereocenters. The lowest BCUT2D eigenvalue weighted by molar-refractivity contribution is 0.306. The third kappa shape index (κ3) is 4.73. The summed E-state index contributed by atoms with van der Waals surface area (Å²) in [6.45, 7) is 2.61. The molecule has 1 aliphatic rings. The van der Waals surface area contributed by atoms with Crippen molar-refractivity contribution in [1.82, 2.24) is 8.61 Å². The van der Waals surface area contributed by atoms with Crippen molar-refractivity contribution in [1.29, 1.82) is 0 Å². The summed E-state index contributed by atoms with van der Waals surface area (Å²) in [6, 6.07) is 15.5. The second-order valence-corrected chi connectivity index (χ2v) is 9.10. The molecule has 0 N–H and O–H groups in total. The molecule has 1 aliphatic heterocycles. The normalized spacial score (nSPS) is 15.9. The molecule has 6 nitrogen and oxygen atoms in total. The second-order valence-electron chi connectivity index (χ2n) is 6.55. The van der Waals surface area contributed by atoms with Crippen molar-refractivity contribution in [3.8, 4) is 5.75 Å². The van der Waals surface area contributed by atoms with E-state index in [2.05, 4.69) is 4.90 Å². The van der Waals surface area contributed by atoms with Crippen LogP contribution in [-0.2, 0) is 16.8 Å². The number of piperazine rings is 1. The molecule has 0 aliphatic carbocycles. The average Bonchev–Trinajstić information content (AvgIpc) is 2.67. The lowest BCUT2D eigenvalue weighted by Gasteiger charge is -2.36. The Morgan fingerprint density at radius 2 is 1.74 bits per heavy atom. The van der Waals surface area contributed by atoms with Crippen molar-refractivity contribution < 1.29 is 13.2 Å². The zero-order chi connectivity index (χ0) is 19.4. The Bertz CT molecular complexity index is 881. The van der Waals surface area contributed by atoms with Crippen molar-refractivity contribution in [3.63, 3.8) is 0 Å². The number of anilines is 1. The molecular formula is C19H24ClN3O3S. The molecule has 146 valence electrons. The van der Waals surface area contributed by atoms with E-state index in [0.717, 1.165) is 17.0 Å². The van der Waals surface area contributed by atoms with Gasteiger partial charge in [-0.05, 0) is 18.2 Å². The Labute approximate surface area is 166 Å². The molecule has 8 heteroatoms. The highest BCUT2D eigenvalue weighted by molar-refractivity contribution is 7.86. The number of rotatable bonds is 6. The quantitative estimate of drug-likeness (QED) is 0.736. The Hall–Kier alpha value is -1.80. The molecule has 1 saturated heterocycles. The zero-order valence-corrected chi connectivity index (χ0v) is 17.1. The fourth-order valence-corrected chi connectivity index (χ4v) is 4.23. The summed E-state index contributed by atoms with van der Waals surface area (Å²) in [6.07, 6.45) is 0. The van der Waals surface area contributed by atoms with Crippen LogP contribution in [-0.4, -0.2) is 57.3 Å². The first-order chi connectivity index (χ1) is 12.9. The van der Waals surface area contributed by atoms with Gasteiger partial charge in [-0.1, -0.05) is 35.9 Å². The molecule has 0 radical (unpaired) electrons. The van der Waals surface area contributed by atoms with Gasteiger partial charge in [0.25, 0.3) is 10.2 Å². The van der Waals surface area contributed by atoms with Crippen LogP contribution in [0.15, 0.2) is 48.5 Å². The molecule has 1 fully saturated rings. The number of nitrogens with zero attached hydrogens (tertiary/aromatic N) is 3. The van der Waals surface area contributed by atoms with Gasteiger partial charge in [-0.25, -0.2) is 0 Å². The molecule has 0 bridgehead atoms. The van der Waals surface area contributed by atoms with E-state index < -0.39 is 10.2 Å². The van der Waals surface area contributed by atoms with E-state index in [4.69, 9.17) is 16.3 Å². The predicted octanol–water partition coefficient (Wildman–Crippen LogP) is 2.85. The van der Waals surface area contributed by atoms with Crippen molar-refractivity contribution in [3.05, 3.63) is 59.1 Å². The molecule has 0 aromatic heterocycles. The van der Waals surface area contributed by atoms with Gasteiger partial charge >= 0.3 is 0 Å². The van der Waals surface area contributed by atoms with E-state index in [1.807, 2.05) is 48.5 Å². The van der Waals surface area contributed by atoms with Gasteiger partial charge in [0, 0.05) is 62.6 Å². The molecule has 1 heterocycles. The molecule has 0 saturated carbocycles. The van der Waals surface area contributed by atoms with Crippen LogP contribution in [0.3, 0.4) is 0 Å². The topological polar surface area (TPSA) is 53.1 Å². The van der Waals surface area contributed by atoms with Crippen molar-refractivity contribution in [2.75, 3.05) is 45.2 Å². The largest absolute Gasteiger partial charge is 0.489 e. The smallest absolute Gasteiger partial charge is 0.281 e. The van der Waals surface area contributed by atoms with E-state index >= 15 is 0 Å². The summed E-state index contributed by atoms with van der Waals surface area (Å²) < 4.78 is 33.1. The van der Waals surface area contributed by atoms with Gasteiger partial charge in [0.05, 0.1) is 0 Å². The lowest BCUT2D eigenvalue weighted by atomic mass is 10.2. The minimum absolute atomic E-state index is 0.401. The predicted molar refractivity (Wildman–Crippen MR) is 109 cm³/mol. The summed E-state index contributed by atoms with van der Waals surface area (Å²) in [7, 11) is -0.240. The molecular weight excluding hydrogens is 386 g/mol. The van der Waals surface area contributed by atoms with Gasteiger partial charge in [0.2, 0.25) is 0 Å². The fraction of sp³-hybridized carbons (Fsp3) is 0.368. The maximum Gasteiger partial charge on any atom is 0.281 e. The summed E-state index contributed by atoms with van der Waals surface area (Å²) in [4.78, 5) is 2.17. The maximum atomic E-state index is 12.2. The lowest BCUT2D eigenvalue weighted by Crippen LogP contribution is -2.51. The van der Waals surface area contributed by atoms with Gasteiger partial charge in [-0.3, -0.25) is 0 Å². The SMILES string of the molecule is CN(C)S(=O)(=O)N1CCN(c2cccc(OCc3ccccc3Cl)c2)CC1. The minimum Gasteiger partial charge on any atom is -0.489 e. The fourth-order valence-electron chi connectivity index (χ4n) is 2.95. The first-order valence-electron chi connectivity index (χ1n) is 8.77. The molecule has 2 aromatic carbocycles. The molecule has 27 heavy (non-hydrogen) atoms. The average molecular weight is 410 g/mol. The van der Waals surface area contributed by atoms with Gasteiger partial charge < -0.3 is 9.64 Å². The molecule has 3 rings (SSSR count). The van der Waals surface area contributed by atoms with Gasteiger partial charge in [0.1, 0.15) is 12.4 Å². The molecule has 2 aromatic rings. The number of ether oxygens (including phenoxy) is 1. The van der Waals surface area contributed by atoms with Crippen molar-refractivity contribution >= 4 is 27.5 Å². The first-order valence-corrected chi connectivity index (χ1v) is 10.5. The summed E-state index contributed by atoms with van der Waals surface area (Å²) >= 11 is 6.17. The van der Waals surface area contributed by atoms with Crippen molar-refractivity contribution in [2.45, 2.75) is 6.61 Å². The van der Waals surface area contributed by atoms with Crippen LogP contribution >= 0.6 is 11.6 Å². The molecule has 0 amide bonds.